The number of H-pyrrole nitrogens is 1. The van der Waals surface area contributed by atoms with Crippen molar-refractivity contribution in [3.8, 4) is 5.75 Å². The molecule has 2 aromatic rings. The molecule has 0 radical (unpaired) electrons. The van der Waals surface area contributed by atoms with Crippen LogP contribution in [0.15, 0.2) is 29.2 Å². The largest absolute Gasteiger partial charge is 0.494 e. The number of nitrogens with zero attached hydrogens (tertiary/aromatic N) is 2. The van der Waals surface area contributed by atoms with Crippen LogP contribution < -0.4 is 10.3 Å². The molecule has 1 aromatic carbocycles. The lowest BCUT2D eigenvalue weighted by molar-refractivity contribution is -0.134. The maximum atomic E-state index is 12.5. The molecule has 1 aromatic heterocycles. The molecule has 1 fully saturated rings. The second kappa shape index (κ2) is 8.83. The highest BCUT2D eigenvalue weighted by molar-refractivity contribution is 5.76. The van der Waals surface area contributed by atoms with Crippen LogP contribution in [0.1, 0.15) is 51.9 Å². The number of hydrogen-bond acceptors (Lipinski definition) is 4. The third kappa shape index (κ3) is 4.62. The van der Waals surface area contributed by atoms with Crippen LogP contribution in [0.2, 0.25) is 0 Å². The number of carbonyl (C=O) groups excluding carboxylic acids is 1. The first-order chi connectivity index (χ1) is 12.7. The topological polar surface area (TPSA) is 75.3 Å². The second-order valence-electron chi connectivity index (χ2n) is 6.85. The van der Waals surface area contributed by atoms with Gasteiger partial charge < -0.3 is 14.6 Å². The van der Waals surface area contributed by atoms with Crippen LogP contribution in [-0.2, 0) is 4.79 Å². The van der Waals surface area contributed by atoms with Crippen molar-refractivity contribution in [2.45, 2.75) is 57.9 Å². The fraction of sp³-hybridized carbons (Fsp3) is 0.550. The number of aromatic nitrogens is 2. The van der Waals surface area contributed by atoms with E-state index in [1.54, 1.807) is 12.1 Å². The summed E-state index contributed by atoms with van der Waals surface area (Å²) in [5.74, 6) is 0.935. The molecule has 0 aliphatic heterocycles. The Morgan fingerprint density at radius 3 is 2.88 bits per heavy atom. The summed E-state index contributed by atoms with van der Waals surface area (Å²) in [6, 6.07) is 5.82. The summed E-state index contributed by atoms with van der Waals surface area (Å²) >= 11 is 0. The minimum Gasteiger partial charge on any atom is -0.494 e. The van der Waals surface area contributed by atoms with Crippen molar-refractivity contribution in [3.63, 3.8) is 0 Å². The standard InChI is InChI=1S/C20H27N3O3/c1-2-23(15-7-4-3-5-8-15)20(25)9-6-12-26-16-10-11-17-18(13-16)21-14-19(24)22-17/h10-11,13-15H,2-9,12H2,1H3,(H,22,24). The summed E-state index contributed by atoms with van der Waals surface area (Å²) < 4.78 is 5.75. The third-order valence-corrected chi connectivity index (χ3v) is 5.03. The number of nitrogens with one attached hydrogen (secondary N) is 1. The number of benzene rings is 1. The van der Waals surface area contributed by atoms with E-state index in [1.165, 1.54) is 25.5 Å². The Kier molecular flexibility index (Phi) is 6.26. The molecule has 140 valence electrons. The summed E-state index contributed by atoms with van der Waals surface area (Å²) in [6.07, 6.45) is 8.52. The highest BCUT2D eigenvalue weighted by atomic mass is 16.5. The van der Waals surface area contributed by atoms with Gasteiger partial charge in [0.25, 0.3) is 5.56 Å². The molecule has 0 unspecified atom stereocenters. The molecule has 6 nitrogen and oxygen atoms in total. The Hall–Kier alpha value is -2.37. The van der Waals surface area contributed by atoms with Crippen molar-refractivity contribution in [3.05, 3.63) is 34.7 Å². The summed E-state index contributed by atoms with van der Waals surface area (Å²) in [4.78, 5) is 32.6. The van der Waals surface area contributed by atoms with E-state index < -0.39 is 0 Å². The van der Waals surface area contributed by atoms with Crippen molar-refractivity contribution in [1.29, 1.82) is 0 Å². The number of fused-ring (bicyclic) bond motifs is 1. The molecule has 0 atom stereocenters. The zero-order valence-corrected chi connectivity index (χ0v) is 15.4. The van der Waals surface area contributed by atoms with Crippen LogP contribution in [0.3, 0.4) is 0 Å². The van der Waals surface area contributed by atoms with E-state index >= 15 is 0 Å². The number of rotatable bonds is 7. The monoisotopic (exact) mass is 357 g/mol. The van der Waals surface area contributed by atoms with Gasteiger partial charge in [-0.05, 0) is 38.3 Å². The van der Waals surface area contributed by atoms with Gasteiger partial charge >= 0.3 is 0 Å². The Balaban J connectivity index is 1.47. The maximum Gasteiger partial charge on any atom is 0.266 e. The van der Waals surface area contributed by atoms with E-state index in [0.717, 1.165) is 19.4 Å². The molecule has 1 N–H and O–H groups in total. The van der Waals surface area contributed by atoms with Gasteiger partial charge in [-0.1, -0.05) is 19.3 Å². The fourth-order valence-corrected chi connectivity index (χ4v) is 3.69. The minimum atomic E-state index is -0.219. The second-order valence-corrected chi connectivity index (χ2v) is 6.85. The van der Waals surface area contributed by atoms with Gasteiger partial charge in [-0.3, -0.25) is 9.59 Å². The van der Waals surface area contributed by atoms with Gasteiger partial charge in [-0.25, -0.2) is 4.98 Å². The van der Waals surface area contributed by atoms with E-state index in [1.807, 2.05) is 6.07 Å². The lowest BCUT2D eigenvalue weighted by Crippen LogP contribution is -2.41. The quantitative estimate of drug-likeness (QED) is 0.772. The third-order valence-electron chi connectivity index (χ3n) is 5.03. The Morgan fingerprint density at radius 2 is 2.12 bits per heavy atom. The van der Waals surface area contributed by atoms with Gasteiger partial charge in [-0.2, -0.15) is 0 Å². The van der Waals surface area contributed by atoms with Crippen LogP contribution in [0.4, 0.5) is 0 Å². The van der Waals surface area contributed by atoms with Gasteiger partial charge in [0, 0.05) is 25.1 Å². The van der Waals surface area contributed by atoms with Crippen LogP contribution in [0.25, 0.3) is 11.0 Å². The lowest BCUT2D eigenvalue weighted by Gasteiger charge is -2.33. The zero-order chi connectivity index (χ0) is 18.4. The van der Waals surface area contributed by atoms with Gasteiger partial charge in [0.2, 0.25) is 5.91 Å². The number of hydrogen-bond donors (Lipinski definition) is 1. The zero-order valence-electron chi connectivity index (χ0n) is 15.4. The van der Waals surface area contributed by atoms with Gasteiger partial charge in [0.05, 0.1) is 23.8 Å². The molecule has 1 amide bonds. The first kappa shape index (κ1) is 18.4. The summed E-state index contributed by atoms with van der Waals surface area (Å²) in [5.41, 5.74) is 1.15. The first-order valence-electron chi connectivity index (χ1n) is 9.58. The van der Waals surface area contributed by atoms with Crippen LogP contribution in [0, 0.1) is 0 Å². The van der Waals surface area contributed by atoms with Crippen molar-refractivity contribution in [2.24, 2.45) is 0 Å². The van der Waals surface area contributed by atoms with E-state index in [4.69, 9.17) is 4.74 Å². The van der Waals surface area contributed by atoms with E-state index in [0.29, 0.717) is 42.3 Å². The average molecular weight is 357 g/mol. The summed E-state index contributed by atoms with van der Waals surface area (Å²) in [7, 11) is 0. The summed E-state index contributed by atoms with van der Waals surface area (Å²) in [5, 5.41) is 0. The molecular weight excluding hydrogens is 330 g/mol. The predicted octanol–water partition coefficient (Wildman–Crippen LogP) is 3.26. The number of amides is 1. The summed E-state index contributed by atoms with van der Waals surface area (Å²) in [6.45, 7) is 3.34. The molecule has 1 heterocycles. The Bertz CT molecular complexity index is 796. The van der Waals surface area contributed by atoms with Crippen molar-refractivity contribution >= 4 is 16.9 Å². The molecule has 0 saturated heterocycles. The Morgan fingerprint density at radius 1 is 1.31 bits per heavy atom. The first-order valence-corrected chi connectivity index (χ1v) is 9.58. The molecule has 26 heavy (non-hydrogen) atoms. The Labute approximate surface area is 153 Å². The molecular formula is C20H27N3O3. The molecule has 6 heteroatoms. The number of aromatic amines is 1. The SMILES string of the molecule is CCN(C(=O)CCCOc1ccc2[nH]c(=O)cnc2c1)C1CCCCC1. The fourth-order valence-electron chi connectivity index (χ4n) is 3.69. The number of ether oxygens (including phenoxy) is 1. The highest BCUT2D eigenvalue weighted by Crippen LogP contribution is 2.23. The maximum absolute atomic E-state index is 12.5. The van der Waals surface area contributed by atoms with Crippen LogP contribution in [0.5, 0.6) is 5.75 Å². The van der Waals surface area contributed by atoms with Gasteiger partial charge in [-0.15, -0.1) is 0 Å². The van der Waals surface area contributed by atoms with Gasteiger partial charge in [0.1, 0.15) is 5.75 Å². The normalized spacial score (nSPS) is 15.1. The molecule has 1 aliphatic carbocycles. The van der Waals surface area contributed by atoms with E-state index in [2.05, 4.69) is 21.8 Å². The molecule has 3 rings (SSSR count). The van der Waals surface area contributed by atoms with Gasteiger partial charge in [0.15, 0.2) is 0 Å². The van der Waals surface area contributed by atoms with E-state index in [9.17, 15) is 9.59 Å². The van der Waals surface area contributed by atoms with E-state index in [-0.39, 0.29) is 11.5 Å². The highest BCUT2D eigenvalue weighted by Gasteiger charge is 2.23. The van der Waals surface area contributed by atoms with Crippen molar-refractivity contribution in [1.82, 2.24) is 14.9 Å². The average Bonchev–Trinajstić information content (AvgIpc) is 2.66. The number of carbonyl (C=O) groups is 1. The van der Waals surface area contributed by atoms with Crippen molar-refractivity contribution in [2.75, 3.05) is 13.2 Å². The van der Waals surface area contributed by atoms with Crippen LogP contribution in [-0.4, -0.2) is 40.0 Å². The minimum absolute atomic E-state index is 0.219. The molecule has 0 spiro atoms. The smallest absolute Gasteiger partial charge is 0.266 e. The molecule has 1 saturated carbocycles. The molecule has 0 bridgehead atoms. The van der Waals surface area contributed by atoms with Crippen LogP contribution >= 0.6 is 0 Å². The lowest BCUT2D eigenvalue weighted by atomic mass is 9.94. The predicted molar refractivity (Wildman–Crippen MR) is 101 cm³/mol. The molecule has 1 aliphatic rings. The van der Waals surface area contributed by atoms with Crippen molar-refractivity contribution < 1.29 is 9.53 Å².